The molecule has 2 fully saturated rings. The Morgan fingerprint density at radius 2 is 2.00 bits per heavy atom. The van der Waals surface area contributed by atoms with Crippen molar-refractivity contribution in [3.8, 4) is 22.5 Å². The minimum Gasteiger partial charge on any atom is -0.338 e. The Kier molecular flexibility index (Phi) is 5.18. The van der Waals surface area contributed by atoms with Gasteiger partial charge in [-0.2, -0.15) is 5.10 Å². The molecule has 7 nitrogen and oxygen atoms in total. The van der Waals surface area contributed by atoms with E-state index in [1.54, 1.807) is 6.92 Å². The first-order chi connectivity index (χ1) is 18.0. The van der Waals surface area contributed by atoms with Gasteiger partial charge in [0.2, 0.25) is 5.91 Å². The van der Waals surface area contributed by atoms with Crippen LogP contribution in [0.25, 0.3) is 33.3 Å². The summed E-state index contributed by atoms with van der Waals surface area (Å²) < 4.78 is 1.97. The highest BCUT2D eigenvalue weighted by Crippen LogP contribution is 2.49. The molecule has 1 aromatic carbocycles. The summed E-state index contributed by atoms with van der Waals surface area (Å²) in [5.74, 6) is 0.883. The van der Waals surface area contributed by atoms with Crippen molar-refractivity contribution in [2.75, 3.05) is 19.6 Å². The summed E-state index contributed by atoms with van der Waals surface area (Å²) in [6, 6.07) is 12.8. The van der Waals surface area contributed by atoms with Gasteiger partial charge in [-0.05, 0) is 54.2 Å². The molecule has 0 radical (unpaired) electrons. The van der Waals surface area contributed by atoms with Crippen molar-refractivity contribution in [3.05, 3.63) is 65.7 Å². The maximum Gasteiger partial charge on any atom is 0.219 e. The largest absolute Gasteiger partial charge is 0.338 e. The zero-order chi connectivity index (χ0) is 25.1. The highest BCUT2D eigenvalue weighted by molar-refractivity contribution is 5.97. The van der Waals surface area contributed by atoms with Gasteiger partial charge in [-0.1, -0.05) is 18.2 Å². The molecular weight excluding hydrogens is 460 g/mol. The molecule has 2 aliphatic heterocycles. The van der Waals surface area contributed by atoms with Crippen LogP contribution in [0.3, 0.4) is 0 Å². The Bertz CT molecular complexity index is 1510. The van der Waals surface area contributed by atoms with E-state index in [-0.39, 0.29) is 5.91 Å². The van der Waals surface area contributed by atoms with Crippen molar-refractivity contribution in [2.45, 2.75) is 39.2 Å². The number of nitrogens with zero attached hydrogens (tertiary/aromatic N) is 5. The van der Waals surface area contributed by atoms with Crippen LogP contribution in [0.4, 0.5) is 0 Å². The van der Waals surface area contributed by atoms with Crippen LogP contribution >= 0.6 is 0 Å². The quantitative estimate of drug-likeness (QED) is 0.463. The fourth-order valence-corrected chi connectivity index (χ4v) is 6.68. The van der Waals surface area contributed by atoms with Gasteiger partial charge >= 0.3 is 0 Å². The van der Waals surface area contributed by atoms with E-state index >= 15 is 0 Å². The van der Waals surface area contributed by atoms with Crippen molar-refractivity contribution in [3.63, 3.8) is 0 Å². The van der Waals surface area contributed by atoms with Gasteiger partial charge in [-0.25, -0.2) is 0 Å². The third-order valence-electron chi connectivity index (χ3n) is 8.77. The molecule has 1 aliphatic carbocycles. The molecule has 7 heteroatoms. The van der Waals surface area contributed by atoms with Crippen molar-refractivity contribution in [1.29, 1.82) is 0 Å². The summed E-state index contributed by atoms with van der Waals surface area (Å²) in [4.78, 5) is 23.6. The molecule has 7 rings (SSSR count). The predicted octanol–water partition coefficient (Wildman–Crippen LogP) is 4.14. The van der Waals surface area contributed by atoms with Gasteiger partial charge in [-0.3, -0.25) is 19.4 Å². The molecule has 4 aromatic rings. The second-order valence-electron chi connectivity index (χ2n) is 11.3. The standard InChI is InChI=1S/C30H32N6O/c1-19(37)36-9-8-28-26(16-36)29(34-35(28)2)24-5-3-4-21-11-27(33-15-25(21)24)22-6-7-23(32-14-22)10-20-12-30(13-20)17-31-18-30/h3-7,11,14-15,20,31H,8-10,12-13,16-18H2,1-2H3. The first-order valence-corrected chi connectivity index (χ1v) is 13.3. The second-order valence-corrected chi connectivity index (χ2v) is 11.3. The first kappa shape index (κ1) is 22.6. The molecule has 1 saturated carbocycles. The summed E-state index contributed by atoms with van der Waals surface area (Å²) in [7, 11) is 2.00. The number of aryl methyl sites for hydroxylation is 1. The maximum absolute atomic E-state index is 12.1. The van der Waals surface area contributed by atoms with Gasteiger partial charge < -0.3 is 10.2 Å². The van der Waals surface area contributed by atoms with Gasteiger partial charge in [-0.15, -0.1) is 0 Å². The molecule has 3 aromatic heterocycles. The molecule has 5 heterocycles. The van der Waals surface area contributed by atoms with Crippen LogP contribution in [0.1, 0.15) is 36.7 Å². The second kappa shape index (κ2) is 8.48. The van der Waals surface area contributed by atoms with E-state index in [2.05, 4.69) is 41.7 Å². The fraction of sp³-hybridized carbons (Fsp3) is 0.400. The van der Waals surface area contributed by atoms with E-state index in [1.165, 1.54) is 37.3 Å². The Balaban J connectivity index is 1.16. The van der Waals surface area contributed by atoms with E-state index in [4.69, 9.17) is 15.1 Å². The number of hydrogen-bond donors (Lipinski definition) is 1. The van der Waals surface area contributed by atoms with Crippen molar-refractivity contribution in [2.24, 2.45) is 18.4 Å². The number of carbonyl (C=O) groups is 1. The number of aromatic nitrogens is 4. The molecule has 188 valence electrons. The lowest BCUT2D eigenvalue weighted by molar-refractivity contribution is -0.129. The molecule has 0 unspecified atom stereocenters. The Morgan fingerprint density at radius 1 is 1.14 bits per heavy atom. The topological polar surface area (TPSA) is 75.9 Å². The van der Waals surface area contributed by atoms with Crippen LogP contribution in [-0.2, 0) is 31.2 Å². The number of rotatable bonds is 4. The fourth-order valence-electron chi connectivity index (χ4n) is 6.68. The van der Waals surface area contributed by atoms with Crippen molar-refractivity contribution < 1.29 is 4.79 Å². The lowest BCUT2D eigenvalue weighted by Crippen LogP contribution is -2.60. The van der Waals surface area contributed by atoms with Crippen LogP contribution in [-0.4, -0.2) is 50.2 Å². The average Bonchev–Trinajstić information content (AvgIpc) is 3.20. The monoisotopic (exact) mass is 492 g/mol. The summed E-state index contributed by atoms with van der Waals surface area (Å²) in [6.07, 6.45) is 8.51. The number of pyridine rings is 2. The van der Waals surface area contributed by atoms with Gasteiger partial charge in [0.05, 0.1) is 11.4 Å². The van der Waals surface area contributed by atoms with Gasteiger partial charge in [0, 0.05) is 92.4 Å². The SMILES string of the molecule is CC(=O)N1CCc2c(c(-c3cccc4cc(-c5ccc(CC6CC7(CNC7)C6)nc5)ncc34)nn2C)C1. The molecule has 0 bridgehead atoms. The molecule has 1 N–H and O–H groups in total. The average molecular weight is 493 g/mol. The Labute approximate surface area is 216 Å². The molecule has 0 atom stereocenters. The summed E-state index contributed by atoms with van der Waals surface area (Å²) in [5.41, 5.74) is 8.12. The third kappa shape index (κ3) is 3.84. The molecule has 1 saturated heterocycles. The number of fused-ring (bicyclic) bond motifs is 2. The molecule has 37 heavy (non-hydrogen) atoms. The lowest BCUT2D eigenvalue weighted by atomic mass is 9.57. The Morgan fingerprint density at radius 3 is 2.73 bits per heavy atom. The third-order valence-corrected chi connectivity index (χ3v) is 8.77. The number of benzene rings is 1. The minimum absolute atomic E-state index is 0.108. The highest BCUT2D eigenvalue weighted by Gasteiger charge is 2.48. The van der Waals surface area contributed by atoms with Crippen LogP contribution in [0.2, 0.25) is 0 Å². The normalized spacial score (nSPS) is 18.5. The summed E-state index contributed by atoms with van der Waals surface area (Å²) in [5, 5.41) is 10.5. The maximum atomic E-state index is 12.1. The van der Waals surface area contributed by atoms with Crippen molar-refractivity contribution in [1.82, 2.24) is 30.0 Å². The van der Waals surface area contributed by atoms with Gasteiger partial charge in [0.1, 0.15) is 0 Å². The van der Waals surface area contributed by atoms with Crippen LogP contribution in [0, 0.1) is 11.3 Å². The summed E-state index contributed by atoms with van der Waals surface area (Å²) in [6.45, 7) is 5.39. The van der Waals surface area contributed by atoms with Crippen LogP contribution < -0.4 is 5.32 Å². The number of carbonyl (C=O) groups excluding carboxylic acids is 1. The minimum atomic E-state index is 0.108. The van der Waals surface area contributed by atoms with Gasteiger partial charge in [0.15, 0.2) is 0 Å². The van der Waals surface area contributed by atoms with E-state index in [0.29, 0.717) is 12.0 Å². The van der Waals surface area contributed by atoms with Crippen LogP contribution in [0.15, 0.2) is 48.8 Å². The number of amides is 1. The number of hydrogen-bond acceptors (Lipinski definition) is 5. The van der Waals surface area contributed by atoms with Crippen LogP contribution in [0.5, 0.6) is 0 Å². The predicted molar refractivity (Wildman–Crippen MR) is 144 cm³/mol. The van der Waals surface area contributed by atoms with E-state index in [1.807, 2.05) is 29.0 Å². The molecule has 1 spiro atoms. The zero-order valence-corrected chi connectivity index (χ0v) is 21.5. The summed E-state index contributed by atoms with van der Waals surface area (Å²) >= 11 is 0. The number of nitrogens with one attached hydrogen (secondary N) is 1. The molecule has 3 aliphatic rings. The Hall–Kier alpha value is -3.58. The van der Waals surface area contributed by atoms with E-state index in [0.717, 1.165) is 64.2 Å². The van der Waals surface area contributed by atoms with Gasteiger partial charge in [0.25, 0.3) is 0 Å². The van der Waals surface area contributed by atoms with Crippen molar-refractivity contribution >= 4 is 16.7 Å². The van der Waals surface area contributed by atoms with E-state index in [9.17, 15) is 4.79 Å². The first-order valence-electron chi connectivity index (χ1n) is 13.3. The zero-order valence-electron chi connectivity index (χ0n) is 21.5. The molecular formula is C30H32N6O. The molecule has 1 amide bonds. The lowest BCUT2D eigenvalue weighted by Gasteiger charge is -2.54. The highest BCUT2D eigenvalue weighted by atomic mass is 16.2. The smallest absolute Gasteiger partial charge is 0.219 e. The van der Waals surface area contributed by atoms with E-state index < -0.39 is 0 Å².